The maximum Gasteiger partial charge on any atom is 0.251 e. The van der Waals surface area contributed by atoms with Crippen molar-refractivity contribution in [1.82, 2.24) is 10.6 Å². The summed E-state index contributed by atoms with van der Waals surface area (Å²) in [5.41, 5.74) is 1.11. The van der Waals surface area contributed by atoms with Gasteiger partial charge in [0.05, 0.1) is 0 Å². The fourth-order valence-electron chi connectivity index (χ4n) is 2.69. The van der Waals surface area contributed by atoms with Gasteiger partial charge in [0, 0.05) is 23.2 Å². The molecule has 1 aliphatic heterocycles. The molecule has 1 aliphatic rings. The van der Waals surface area contributed by atoms with Gasteiger partial charge in [-0.05, 0) is 76.4 Å². The van der Waals surface area contributed by atoms with Crippen molar-refractivity contribution in [3.8, 4) is 0 Å². The van der Waals surface area contributed by atoms with E-state index in [2.05, 4.69) is 16.0 Å². The molecule has 1 saturated heterocycles. The summed E-state index contributed by atoms with van der Waals surface area (Å²) in [5.74, 6) is 0.559. The fraction of sp³-hybridized carbons (Fsp3) is 0.579. The summed E-state index contributed by atoms with van der Waals surface area (Å²) in [7, 11) is 0. The van der Waals surface area contributed by atoms with Crippen LogP contribution >= 0.6 is 0 Å². The molecule has 24 heavy (non-hydrogen) atoms. The average molecular weight is 331 g/mol. The van der Waals surface area contributed by atoms with Crippen LogP contribution in [0.1, 0.15) is 56.8 Å². The number of nitrogens with one attached hydrogen (secondary N) is 3. The van der Waals surface area contributed by atoms with Crippen LogP contribution in [0.15, 0.2) is 24.3 Å². The second-order valence-electron chi connectivity index (χ2n) is 7.21. The zero-order chi connectivity index (χ0) is 17.6. The third-order valence-electron chi connectivity index (χ3n) is 4.71. The van der Waals surface area contributed by atoms with Crippen LogP contribution in [0.2, 0.25) is 0 Å². The first kappa shape index (κ1) is 18.5. The summed E-state index contributed by atoms with van der Waals surface area (Å²) in [6.07, 6.45) is 3.49. The summed E-state index contributed by atoms with van der Waals surface area (Å²) in [6, 6.07) is 7.06. The van der Waals surface area contributed by atoms with Crippen LogP contribution in [-0.4, -0.2) is 30.4 Å². The maximum atomic E-state index is 12.2. The summed E-state index contributed by atoms with van der Waals surface area (Å²) in [6.45, 7) is 8.12. The molecule has 1 atom stereocenters. The predicted molar refractivity (Wildman–Crippen MR) is 97.1 cm³/mol. The van der Waals surface area contributed by atoms with Gasteiger partial charge in [-0.1, -0.05) is 6.92 Å². The molecule has 0 spiro atoms. The number of amides is 2. The van der Waals surface area contributed by atoms with Crippen LogP contribution in [0.25, 0.3) is 0 Å². The van der Waals surface area contributed by atoms with E-state index in [1.807, 2.05) is 20.8 Å². The quantitative estimate of drug-likeness (QED) is 0.719. The van der Waals surface area contributed by atoms with E-state index in [9.17, 15) is 9.59 Å². The monoisotopic (exact) mass is 331 g/mol. The average Bonchev–Trinajstić information content (AvgIpc) is 3.06. The van der Waals surface area contributed by atoms with E-state index in [0.717, 1.165) is 38.0 Å². The molecule has 0 saturated carbocycles. The van der Waals surface area contributed by atoms with Crippen molar-refractivity contribution in [3.05, 3.63) is 29.8 Å². The highest BCUT2D eigenvalue weighted by Crippen LogP contribution is 2.16. The van der Waals surface area contributed by atoms with Crippen molar-refractivity contribution in [1.29, 1.82) is 0 Å². The molecular formula is C19H29N3O2. The van der Waals surface area contributed by atoms with Crippen LogP contribution in [-0.2, 0) is 4.79 Å². The highest BCUT2D eigenvalue weighted by Gasteiger charge is 2.19. The van der Waals surface area contributed by atoms with Gasteiger partial charge in [-0.25, -0.2) is 0 Å². The topological polar surface area (TPSA) is 70.2 Å². The molecule has 0 bridgehead atoms. The minimum Gasteiger partial charge on any atom is -0.347 e. The van der Waals surface area contributed by atoms with Crippen molar-refractivity contribution in [2.75, 3.05) is 18.4 Å². The lowest BCUT2D eigenvalue weighted by Gasteiger charge is -2.24. The maximum absolute atomic E-state index is 12.2. The minimum atomic E-state index is -0.223. The van der Waals surface area contributed by atoms with Crippen LogP contribution < -0.4 is 16.0 Å². The molecular weight excluding hydrogens is 302 g/mol. The van der Waals surface area contributed by atoms with Crippen molar-refractivity contribution < 1.29 is 9.59 Å². The summed E-state index contributed by atoms with van der Waals surface area (Å²) >= 11 is 0. The number of anilines is 1. The van der Waals surface area contributed by atoms with Gasteiger partial charge in [0.1, 0.15) is 0 Å². The van der Waals surface area contributed by atoms with Gasteiger partial charge in [-0.15, -0.1) is 0 Å². The third-order valence-corrected chi connectivity index (χ3v) is 4.71. The fourth-order valence-corrected chi connectivity index (χ4v) is 2.69. The van der Waals surface area contributed by atoms with E-state index in [-0.39, 0.29) is 17.4 Å². The molecule has 1 heterocycles. The Labute approximate surface area is 144 Å². The Morgan fingerprint density at radius 1 is 1.25 bits per heavy atom. The highest BCUT2D eigenvalue weighted by molar-refractivity contribution is 5.96. The van der Waals surface area contributed by atoms with Crippen LogP contribution in [0.3, 0.4) is 0 Å². The third kappa shape index (κ3) is 5.64. The van der Waals surface area contributed by atoms with Crippen LogP contribution in [0.5, 0.6) is 0 Å². The van der Waals surface area contributed by atoms with Gasteiger partial charge in [-0.2, -0.15) is 0 Å². The van der Waals surface area contributed by atoms with E-state index < -0.39 is 0 Å². The van der Waals surface area contributed by atoms with Crippen LogP contribution in [0.4, 0.5) is 5.69 Å². The number of benzene rings is 1. The standard InChI is InChI=1S/C19H29N3O2/c1-4-19(2,3)22-18(24)15-6-8-16(9-7-15)21-17(23)10-5-14-11-12-20-13-14/h6-9,14,20H,4-5,10-13H2,1-3H3,(H,21,23)(H,22,24). The van der Waals surface area contributed by atoms with E-state index in [1.165, 1.54) is 0 Å². The van der Waals surface area contributed by atoms with Crippen LogP contribution in [0, 0.1) is 5.92 Å². The van der Waals surface area contributed by atoms with E-state index in [1.54, 1.807) is 24.3 Å². The van der Waals surface area contributed by atoms with Crippen molar-refractivity contribution in [3.63, 3.8) is 0 Å². The van der Waals surface area contributed by atoms with Gasteiger partial charge >= 0.3 is 0 Å². The zero-order valence-electron chi connectivity index (χ0n) is 14.9. The molecule has 0 aromatic heterocycles. The molecule has 1 fully saturated rings. The van der Waals surface area contributed by atoms with Crippen molar-refractivity contribution in [2.24, 2.45) is 5.92 Å². The zero-order valence-corrected chi connectivity index (χ0v) is 14.9. The number of hydrogen-bond donors (Lipinski definition) is 3. The molecule has 0 aliphatic carbocycles. The molecule has 2 amide bonds. The SMILES string of the molecule is CCC(C)(C)NC(=O)c1ccc(NC(=O)CCC2CCNC2)cc1. The second-order valence-corrected chi connectivity index (χ2v) is 7.21. The lowest BCUT2D eigenvalue weighted by Crippen LogP contribution is -2.42. The van der Waals surface area contributed by atoms with Gasteiger partial charge in [-0.3, -0.25) is 9.59 Å². The smallest absolute Gasteiger partial charge is 0.251 e. The molecule has 2 rings (SSSR count). The van der Waals surface area contributed by atoms with E-state index >= 15 is 0 Å². The van der Waals surface area contributed by atoms with Crippen molar-refractivity contribution in [2.45, 2.75) is 52.0 Å². The van der Waals surface area contributed by atoms with Crippen molar-refractivity contribution >= 4 is 17.5 Å². The Balaban J connectivity index is 1.82. The van der Waals surface area contributed by atoms with Gasteiger partial charge in [0.15, 0.2) is 0 Å². The molecule has 1 aromatic carbocycles. The Hall–Kier alpha value is -1.88. The number of carbonyl (C=O) groups excluding carboxylic acids is 2. The Morgan fingerprint density at radius 3 is 2.54 bits per heavy atom. The number of rotatable bonds is 7. The molecule has 5 nitrogen and oxygen atoms in total. The summed E-state index contributed by atoms with van der Waals surface area (Å²) in [5, 5.41) is 9.22. The Kier molecular flexibility index (Phi) is 6.37. The van der Waals surface area contributed by atoms with Gasteiger partial charge in [0.25, 0.3) is 5.91 Å². The molecule has 0 radical (unpaired) electrons. The van der Waals surface area contributed by atoms with Gasteiger partial charge in [0.2, 0.25) is 5.91 Å². The molecule has 3 N–H and O–H groups in total. The van der Waals surface area contributed by atoms with Gasteiger partial charge < -0.3 is 16.0 Å². The molecule has 1 unspecified atom stereocenters. The lowest BCUT2D eigenvalue weighted by atomic mass is 10.0. The first-order valence-corrected chi connectivity index (χ1v) is 8.83. The molecule has 132 valence electrons. The summed E-state index contributed by atoms with van der Waals surface area (Å²) in [4.78, 5) is 24.2. The lowest BCUT2D eigenvalue weighted by molar-refractivity contribution is -0.116. The van der Waals surface area contributed by atoms with E-state index in [4.69, 9.17) is 0 Å². The Bertz CT molecular complexity index is 560. The molecule has 1 aromatic rings. The Morgan fingerprint density at radius 2 is 1.96 bits per heavy atom. The molecule has 5 heteroatoms. The summed E-state index contributed by atoms with van der Waals surface area (Å²) < 4.78 is 0. The van der Waals surface area contributed by atoms with E-state index in [0.29, 0.717) is 17.9 Å². The predicted octanol–water partition coefficient (Wildman–Crippen LogP) is 2.93. The second kappa shape index (κ2) is 8.29. The first-order chi connectivity index (χ1) is 11.4. The normalized spacial score (nSPS) is 17.5. The largest absolute Gasteiger partial charge is 0.347 e. The number of hydrogen-bond acceptors (Lipinski definition) is 3. The minimum absolute atomic E-state index is 0.0335. The number of carbonyl (C=O) groups is 2. The first-order valence-electron chi connectivity index (χ1n) is 8.83. The highest BCUT2D eigenvalue weighted by atomic mass is 16.2.